The zero-order valence-electron chi connectivity index (χ0n) is 18.3. The highest BCUT2D eigenvalue weighted by molar-refractivity contribution is 7.89. The Balaban J connectivity index is 1.74. The number of nitrogens with zero attached hydrogens (tertiary/aromatic N) is 4. The topological polar surface area (TPSA) is 67.7 Å². The van der Waals surface area contributed by atoms with Crippen molar-refractivity contribution in [1.82, 2.24) is 18.8 Å². The van der Waals surface area contributed by atoms with Gasteiger partial charge in [0.2, 0.25) is 10.0 Å². The van der Waals surface area contributed by atoms with E-state index in [0.717, 1.165) is 35.7 Å². The fourth-order valence-corrected chi connectivity index (χ4v) is 4.28. The fraction of sp³-hybridized carbons (Fsp3) is 0.409. The summed E-state index contributed by atoms with van der Waals surface area (Å²) < 4.78 is 34.1. The molecule has 0 saturated heterocycles. The number of hydrogen-bond acceptors (Lipinski definition) is 5. The van der Waals surface area contributed by atoms with Gasteiger partial charge < -0.3 is 9.30 Å². The number of hydrogen-bond donors (Lipinski definition) is 0. The summed E-state index contributed by atoms with van der Waals surface area (Å²) in [6.45, 7) is 6.85. The molecule has 0 bridgehead atoms. The summed E-state index contributed by atoms with van der Waals surface area (Å²) in [7, 11) is 1.61. The maximum atomic E-state index is 12.4. The summed E-state index contributed by atoms with van der Waals surface area (Å²) in [5.41, 5.74) is 2.76. The van der Waals surface area contributed by atoms with Crippen LogP contribution in [0.3, 0.4) is 0 Å². The molecule has 1 heterocycles. The maximum absolute atomic E-state index is 12.4. The SMILES string of the molecule is CCn1c(CN(C)CCOc2ccccc2C)nc2cc(S(=O)(=O)N(C)C)ccc21. The summed E-state index contributed by atoms with van der Waals surface area (Å²) in [4.78, 5) is 7.15. The van der Waals surface area contributed by atoms with E-state index in [4.69, 9.17) is 9.72 Å². The normalized spacial score (nSPS) is 12.2. The lowest BCUT2D eigenvalue weighted by molar-refractivity contribution is 0.227. The van der Waals surface area contributed by atoms with E-state index in [1.54, 1.807) is 12.1 Å². The van der Waals surface area contributed by atoms with E-state index in [2.05, 4.69) is 16.4 Å². The van der Waals surface area contributed by atoms with Crippen LogP contribution in [0.2, 0.25) is 0 Å². The summed E-state index contributed by atoms with van der Waals surface area (Å²) in [5, 5.41) is 0. The van der Waals surface area contributed by atoms with Gasteiger partial charge in [0, 0.05) is 27.2 Å². The van der Waals surface area contributed by atoms with Gasteiger partial charge in [0.15, 0.2) is 0 Å². The molecule has 1 aromatic heterocycles. The zero-order valence-corrected chi connectivity index (χ0v) is 19.1. The molecule has 0 aliphatic heterocycles. The van der Waals surface area contributed by atoms with Crippen molar-refractivity contribution in [1.29, 1.82) is 0 Å². The summed E-state index contributed by atoms with van der Waals surface area (Å²) in [6.07, 6.45) is 0. The van der Waals surface area contributed by atoms with E-state index in [1.807, 2.05) is 44.3 Å². The van der Waals surface area contributed by atoms with E-state index < -0.39 is 10.0 Å². The lowest BCUT2D eigenvalue weighted by atomic mass is 10.2. The second kappa shape index (κ2) is 9.16. The van der Waals surface area contributed by atoms with Gasteiger partial charge in [0.25, 0.3) is 0 Å². The molecule has 3 rings (SSSR count). The predicted octanol–water partition coefficient (Wildman–Crippen LogP) is 3.13. The Morgan fingerprint density at radius 1 is 1.10 bits per heavy atom. The number of fused-ring (bicyclic) bond motifs is 1. The van der Waals surface area contributed by atoms with Gasteiger partial charge in [-0.3, -0.25) is 4.90 Å². The second-order valence-electron chi connectivity index (χ2n) is 7.56. The Bertz CT molecular complexity index is 1120. The third kappa shape index (κ3) is 4.66. The number of benzene rings is 2. The number of rotatable bonds is 9. The van der Waals surface area contributed by atoms with Gasteiger partial charge in [0.05, 0.1) is 22.5 Å². The number of sulfonamides is 1. The van der Waals surface area contributed by atoms with E-state index >= 15 is 0 Å². The maximum Gasteiger partial charge on any atom is 0.242 e. The lowest BCUT2D eigenvalue weighted by Crippen LogP contribution is -2.25. The minimum Gasteiger partial charge on any atom is -0.492 e. The van der Waals surface area contributed by atoms with Crippen LogP contribution in [0.25, 0.3) is 11.0 Å². The molecule has 0 aliphatic rings. The standard InChI is InChI=1S/C22H30N4O3S/c1-6-26-20-12-11-18(30(27,28)24(3)4)15-19(20)23-22(26)16-25(5)13-14-29-21-10-8-7-9-17(21)2/h7-12,15H,6,13-14,16H2,1-5H3. The van der Waals surface area contributed by atoms with Crippen molar-refractivity contribution in [2.75, 3.05) is 34.3 Å². The number of para-hydroxylation sites is 1. The average molecular weight is 431 g/mol. The fourth-order valence-electron chi connectivity index (χ4n) is 3.35. The highest BCUT2D eigenvalue weighted by Crippen LogP contribution is 2.23. The third-order valence-corrected chi connectivity index (χ3v) is 6.94. The molecular formula is C22H30N4O3S. The molecule has 0 saturated carbocycles. The molecule has 3 aromatic rings. The van der Waals surface area contributed by atoms with Crippen LogP contribution >= 0.6 is 0 Å². The Morgan fingerprint density at radius 3 is 2.50 bits per heavy atom. The van der Waals surface area contributed by atoms with Crippen LogP contribution in [-0.4, -0.2) is 61.5 Å². The molecule has 7 nitrogen and oxygen atoms in total. The van der Waals surface area contributed by atoms with Crippen molar-refractivity contribution in [2.45, 2.75) is 31.8 Å². The van der Waals surface area contributed by atoms with Crippen LogP contribution in [0.1, 0.15) is 18.3 Å². The van der Waals surface area contributed by atoms with Gasteiger partial charge in [0.1, 0.15) is 18.2 Å². The van der Waals surface area contributed by atoms with Crippen molar-refractivity contribution in [3.05, 3.63) is 53.9 Å². The van der Waals surface area contributed by atoms with Crippen molar-refractivity contribution >= 4 is 21.1 Å². The smallest absolute Gasteiger partial charge is 0.242 e. The highest BCUT2D eigenvalue weighted by atomic mass is 32.2. The largest absolute Gasteiger partial charge is 0.492 e. The Hall–Kier alpha value is -2.42. The van der Waals surface area contributed by atoms with Gasteiger partial charge in [-0.05, 0) is 50.7 Å². The molecule has 162 valence electrons. The summed E-state index contributed by atoms with van der Waals surface area (Å²) >= 11 is 0. The third-order valence-electron chi connectivity index (χ3n) is 5.13. The predicted molar refractivity (Wildman–Crippen MR) is 119 cm³/mol. The molecule has 0 atom stereocenters. The molecule has 0 spiro atoms. The van der Waals surface area contributed by atoms with Gasteiger partial charge in [-0.15, -0.1) is 0 Å². The van der Waals surface area contributed by atoms with Crippen molar-refractivity contribution < 1.29 is 13.2 Å². The number of ether oxygens (including phenoxy) is 1. The molecule has 0 aliphatic carbocycles. The number of aryl methyl sites for hydroxylation is 2. The summed E-state index contributed by atoms with van der Waals surface area (Å²) in [5.74, 6) is 1.81. The second-order valence-corrected chi connectivity index (χ2v) is 9.71. The van der Waals surface area contributed by atoms with Crippen LogP contribution in [0.4, 0.5) is 0 Å². The number of imidazole rings is 1. The van der Waals surface area contributed by atoms with Crippen LogP contribution < -0.4 is 4.74 Å². The minimum absolute atomic E-state index is 0.257. The molecule has 30 heavy (non-hydrogen) atoms. The Morgan fingerprint density at radius 2 is 1.83 bits per heavy atom. The van der Waals surface area contributed by atoms with Crippen LogP contribution in [0, 0.1) is 6.92 Å². The van der Waals surface area contributed by atoms with Crippen LogP contribution in [0.5, 0.6) is 5.75 Å². The van der Waals surface area contributed by atoms with Gasteiger partial charge in [-0.2, -0.15) is 0 Å². The molecule has 0 fully saturated rings. The van der Waals surface area contributed by atoms with Crippen molar-refractivity contribution in [2.24, 2.45) is 0 Å². The van der Waals surface area contributed by atoms with E-state index in [0.29, 0.717) is 18.7 Å². The minimum atomic E-state index is -3.49. The molecule has 0 unspecified atom stereocenters. The van der Waals surface area contributed by atoms with Crippen molar-refractivity contribution in [3.8, 4) is 5.75 Å². The zero-order chi connectivity index (χ0) is 21.9. The Labute approximate surface area is 178 Å². The first-order valence-corrected chi connectivity index (χ1v) is 11.5. The van der Waals surface area contributed by atoms with Crippen LogP contribution in [0.15, 0.2) is 47.4 Å². The van der Waals surface area contributed by atoms with E-state index in [-0.39, 0.29) is 4.90 Å². The van der Waals surface area contributed by atoms with Gasteiger partial charge >= 0.3 is 0 Å². The molecule has 0 amide bonds. The Kier molecular flexibility index (Phi) is 6.80. The molecule has 0 radical (unpaired) electrons. The first-order chi connectivity index (χ1) is 14.2. The quantitative estimate of drug-likeness (QED) is 0.522. The molecular weight excluding hydrogens is 400 g/mol. The highest BCUT2D eigenvalue weighted by Gasteiger charge is 2.19. The van der Waals surface area contributed by atoms with Crippen LogP contribution in [-0.2, 0) is 23.1 Å². The molecule has 2 aromatic carbocycles. The summed E-state index contributed by atoms with van der Waals surface area (Å²) in [6, 6.07) is 13.1. The molecule has 8 heteroatoms. The number of aromatic nitrogens is 2. The van der Waals surface area contributed by atoms with Gasteiger partial charge in [-0.1, -0.05) is 18.2 Å². The van der Waals surface area contributed by atoms with Crippen molar-refractivity contribution in [3.63, 3.8) is 0 Å². The lowest BCUT2D eigenvalue weighted by Gasteiger charge is -2.18. The monoisotopic (exact) mass is 430 g/mol. The van der Waals surface area contributed by atoms with E-state index in [9.17, 15) is 8.42 Å². The first kappa shape index (κ1) is 22.3. The van der Waals surface area contributed by atoms with Gasteiger partial charge in [-0.25, -0.2) is 17.7 Å². The first-order valence-electron chi connectivity index (χ1n) is 10.0. The van der Waals surface area contributed by atoms with E-state index in [1.165, 1.54) is 18.4 Å². The average Bonchev–Trinajstić information content (AvgIpc) is 3.05. The molecule has 0 N–H and O–H groups in total. The number of likely N-dealkylation sites (N-methyl/N-ethyl adjacent to an activating group) is 1.